The van der Waals surface area contributed by atoms with Gasteiger partial charge >= 0.3 is 0 Å². The molecule has 0 spiro atoms. The maximum absolute atomic E-state index is 5.98. The van der Waals surface area contributed by atoms with E-state index >= 15 is 0 Å². The third-order valence-corrected chi connectivity index (χ3v) is 6.37. The normalized spacial score (nSPS) is 20.1. The van der Waals surface area contributed by atoms with Crippen LogP contribution in [0.3, 0.4) is 0 Å². The van der Waals surface area contributed by atoms with Crippen molar-refractivity contribution in [3.63, 3.8) is 0 Å². The van der Waals surface area contributed by atoms with E-state index in [1.807, 2.05) is 0 Å². The lowest BCUT2D eigenvalue weighted by atomic mass is 9.77. The van der Waals surface area contributed by atoms with Crippen molar-refractivity contribution in [2.45, 2.75) is 90.4 Å². The summed E-state index contributed by atoms with van der Waals surface area (Å²) in [6.07, 6.45) is 14.8. The maximum Gasteiger partial charge on any atom is 0.119 e. The van der Waals surface area contributed by atoms with Crippen LogP contribution in [0.25, 0.3) is 10.8 Å². The second-order valence-electron chi connectivity index (χ2n) is 8.54. The highest BCUT2D eigenvalue weighted by Gasteiger charge is 2.21. The van der Waals surface area contributed by atoms with Gasteiger partial charge in [-0.3, -0.25) is 0 Å². The van der Waals surface area contributed by atoms with Crippen molar-refractivity contribution in [1.29, 1.82) is 0 Å². The second kappa shape index (κ2) is 10.7. The van der Waals surface area contributed by atoms with Crippen LogP contribution in [-0.4, -0.2) is 6.61 Å². The van der Waals surface area contributed by atoms with Crippen molar-refractivity contribution in [3.8, 4) is 5.75 Å². The minimum absolute atomic E-state index is 0.765. The first-order valence-corrected chi connectivity index (χ1v) is 11.5. The van der Waals surface area contributed by atoms with Crippen LogP contribution < -0.4 is 4.74 Å². The van der Waals surface area contributed by atoms with Crippen LogP contribution in [-0.2, 0) is 0 Å². The number of benzene rings is 2. The van der Waals surface area contributed by atoms with Gasteiger partial charge in [0, 0.05) is 0 Å². The Labute approximate surface area is 166 Å². The highest BCUT2D eigenvalue weighted by atomic mass is 16.5. The molecule has 0 aromatic heterocycles. The summed E-state index contributed by atoms with van der Waals surface area (Å²) >= 11 is 0. The van der Waals surface area contributed by atoms with Crippen molar-refractivity contribution in [3.05, 3.63) is 42.0 Å². The van der Waals surface area contributed by atoms with Gasteiger partial charge in [0.2, 0.25) is 0 Å². The zero-order valence-electron chi connectivity index (χ0n) is 17.5. The summed E-state index contributed by atoms with van der Waals surface area (Å²) in [6.45, 7) is 5.42. The molecule has 0 N–H and O–H groups in total. The van der Waals surface area contributed by atoms with E-state index in [1.54, 1.807) is 5.56 Å². The van der Waals surface area contributed by atoms with Crippen LogP contribution in [0, 0.1) is 5.92 Å². The van der Waals surface area contributed by atoms with Gasteiger partial charge < -0.3 is 4.74 Å². The molecule has 0 atom stereocenters. The summed E-state index contributed by atoms with van der Waals surface area (Å²) < 4.78 is 5.98. The molecule has 3 rings (SSSR count). The van der Waals surface area contributed by atoms with Crippen LogP contribution in [0.5, 0.6) is 5.75 Å². The van der Waals surface area contributed by atoms with E-state index in [4.69, 9.17) is 4.74 Å². The summed E-state index contributed by atoms with van der Waals surface area (Å²) in [7, 11) is 0. The molecule has 0 radical (unpaired) electrons. The number of rotatable bonds is 10. The average molecular weight is 367 g/mol. The molecule has 0 aliphatic heterocycles. The van der Waals surface area contributed by atoms with Crippen LogP contribution in [0.2, 0.25) is 0 Å². The van der Waals surface area contributed by atoms with Crippen molar-refractivity contribution in [1.82, 2.24) is 0 Å². The molecule has 0 saturated heterocycles. The Morgan fingerprint density at radius 1 is 0.778 bits per heavy atom. The van der Waals surface area contributed by atoms with Crippen molar-refractivity contribution in [2.75, 3.05) is 6.61 Å². The average Bonchev–Trinajstić information content (AvgIpc) is 2.71. The molecule has 0 heterocycles. The molecule has 2 aromatic rings. The monoisotopic (exact) mass is 366 g/mol. The molecule has 0 amide bonds. The third kappa shape index (κ3) is 5.99. The lowest BCUT2D eigenvalue weighted by molar-refractivity contribution is 0.305. The Morgan fingerprint density at radius 2 is 1.52 bits per heavy atom. The van der Waals surface area contributed by atoms with Crippen LogP contribution in [0.4, 0.5) is 0 Å². The zero-order chi connectivity index (χ0) is 18.9. The highest BCUT2D eigenvalue weighted by Crippen LogP contribution is 2.38. The fourth-order valence-electron chi connectivity index (χ4n) is 4.67. The first-order chi connectivity index (χ1) is 13.3. The van der Waals surface area contributed by atoms with Gasteiger partial charge in [0.05, 0.1) is 6.61 Å². The number of ether oxygens (including phenoxy) is 1. The van der Waals surface area contributed by atoms with Crippen molar-refractivity contribution in [2.24, 2.45) is 5.92 Å². The summed E-state index contributed by atoms with van der Waals surface area (Å²) in [4.78, 5) is 0. The lowest BCUT2D eigenvalue weighted by Gasteiger charge is -2.28. The van der Waals surface area contributed by atoms with Gasteiger partial charge in [0.1, 0.15) is 5.75 Å². The first-order valence-electron chi connectivity index (χ1n) is 11.5. The predicted molar refractivity (Wildman–Crippen MR) is 118 cm³/mol. The fraction of sp³-hybridized carbons (Fsp3) is 0.615. The standard InChI is InChI=1S/C26H38O/c1-3-5-6-7-8-18-27-26-17-16-24-19-23(14-15-25(24)20-26)22-12-10-21(9-4-2)11-13-22/h14-17,19-22H,3-13,18H2,1-2H3/t21-,22-. The molecule has 2 aromatic carbocycles. The Kier molecular flexibility index (Phi) is 8.05. The van der Waals surface area contributed by atoms with Gasteiger partial charge in [-0.25, -0.2) is 0 Å². The number of fused-ring (bicyclic) bond motifs is 1. The smallest absolute Gasteiger partial charge is 0.119 e. The molecule has 1 aliphatic carbocycles. The zero-order valence-corrected chi connectivity index (χ0v) is 17.5. The molecule has 1 aliphatic rings. The third-order valence-electron chi connectivity index (χ3n) is 6.37. The largest absolute Gasteiger partial charge is 0.494 e. The molecule has 1 saturated carbocycles. The Hall–Kier alpha value is -1.50. The van der Waals surface area contributed by atoms with Gasteiger partial charge in [0.25, 0.3) is 0 Å². The van der Waals surface area contributed by atoms with E-state index < -0.39 is 0 Å². The Morgan fingerprint density at radius 3 is 2.30 bits per heavy atom. The fourth-order valence-corrected chi connectivity index (χ4v) is 4.67. The van der Waals surface area contributed by atoms with Gasteiger partial charge in [-0.2, -0.15) is 0 Å². The van der Waals surface area contributed by atoms with E-state index in [0.717, 1.165) is 30.6 Å². The SMILES string of the molecule is CCCCCCCOc1ccc2cc([C@H]3CC[C@H](CCC)CC3)ccc2c1. The summed E-state index contributed by atoms with van der Waals surface area (Å²) in [5.74, 6) is 2.76. The molecule has 0 unspecified atom stereocenters. The quantitative estimate of drug-likeness (QED) is 0.384. The Balaban J connectivity index is 1.54. The molecule has 0 bridgehead atoms. The maximum atomic E-state index is 5.98. The van der Waals surface area contributed by atoms with Crippen molar-refractivity contribution >= 4 is 10.8 Å². The van der Waals surface area contributed by atoms with Gasteiger partial charge in [-0.1, -0.05) is 76.6 Å². The molecule has 148 valence electrons. The molecule has 1 nitrogen and oxygen atoms in total. The van der Waals surface area contributed by atoms with Gasteiger partial charge in [-0.05, 0) is 72.4 Å². The first kappa shape index (κ1) is 20.2. The summed E-state index contributed by atoms with van der Waals surface area (Å²) in [6, 6.07) is 13.7. The molecular formula is C26H38O. The molecular weight excluding hydrogens is 328 g/mol. The lowest BCUT2D eigenvalue weighted by Crippen LogP contribution is -2.13. The van der Waals surface area contributed by atoms with E-state index in [1.165, 1.54) is 75.0 Å². The minimum Gasteiger partial charge on any atom is -0.494 e. The predicted octanol–water partition coefficient (Wildman–Crippen LogP) is 8.26. The van der Waals surface area contributed by atoms with E-state index in [0.29, 0.717) is 0 Å². The Bertz CT molecular complexity index is 682. The van der Waals surface area contributed by atoms with E-state index in [9.17, 15) is 0 Å². The van der Waals surface area contributed by atoms with Crippen molar-refractivity contribution < 1.29 is 4.74 Å². The number of hydrogen-bond acceptors (Lipinski definition) is 1. The molecule has 1 heteroatoms. The second-order valence-corrected chi connectivity index (χ2v) is 8.54. The van der Waals surface area contributed by atoms with Crippen LogP contribution >= 0.6 is 0 Å². The van der Waals surface area contributed by atoms with Gasteiger partial charge in [-0.15, -0.1) is 0 Å². The van der Waals surface area contributed by atoms with E-state index in [-0.39, 0.29) is 0 Å². The van der Waals surface area contributed by atoms with Gasteiger partial charge in [0.15, 0.2) is 0 Å². The topological polar surface area (TPSA) is 9.23 Å². The van der Waals surface area contributed by atoms with Crippen LogP contribution in [0.15, 0.2) is 36.4 Å². The summed E-state index contributed by atoms with van der Waals surface area (Å²) in [5, 5.41) is 2.67. The molecule has 1 fully saturated rings. The molecule has 27 heavy (non-hydrogen) atoms. The van der Waals surface area contributed by atoms with Crippen LogP contribution in [0.1, 0.15) is 96.0 Å². The number of unbranched alkanes of at least 4 members (excludes halogenated alkanes) is 4. The summed E-state index contributed by atoms with van der Waals surface area (Å²) in [5.41, 5.74) is 1.54. The highest BCUT2D eigenvalue weighted by molar-refractivity contribution is 5.84. The van der Waals surface area contributed by atoms with E-state index in [2.05, 4.69) is 50.2 Å². The number of hydrogen-bond donors (Lipinski definition) is 0. The minimum atomic E-state index is 0.765.